The molecule has 0 aromatic carbocycles. The first kappa shape index (κ1) is 86.4. The van der Waals surface area contributed by atoms with E-state index in [-0.39, 0.29) is 0 Å². The summed E-state index contributed by atoms with van der Waals surface area (Å²) in [5.41, 5.74) is 0. The molecule has 12 heterocycles. The number of aliphatic hydroxyl groups is 26. The SMILES string of the molecule is OC[C@@H]1O[C@@H](OC2[C@H](O[C@@H]3CO[C@H](O[C@@H]4CO[C@H](O[C@@H]5CO[C@H](O[C@@H]6CO[C@H](O[C@@H]7CO[C@H](O[C@@H]8CO[C@H](O[C@@H]9CO[C@@H](O[C@@H]%10CO[C@@H](O)C(O)[C@H]%10O)C(O)[C@H]9O)C(O)[C@H]8O)C(O)[C@H]7O)C(O)[C@H]6O)C(O)[C@H]5O)C(O)[C@H]4O)C(O)[C@H]3O)OC[C@@H](O[C@@H]3OC[C@@H](O)[C@H](O)C3O)[C@@H]2O[C@@H]2O[C@@H](CO)[C@@H](O)C2O)C(O)[C@@H]1O. The number of ether oxygens (including phenoxy) is 23. The number of rotatable bonds is 24. The van der Waals surface area contributed by atoms with Gasteiger partial charge in [-0.15, -0.1) is 0 Å². The third-order valence-electron chi connectivity index (χ3n) is 20.7. The molecule has 0 aromatic heterocycles. The molecule has 12 saturated heterocycles. The van der Waals surface area contributed by atoms with E-state index in [4.69, 9.17) is 109 Å². The second-order valence-electron chi connectivity index (χ2n) is 28.1. The maximum Gasteiger partial charge on any atom is 0.187 e. The van der Waals surface area contributed by atoms with Crippen LogP contribution in [0.5, 0.6) is 0 Å². The number of aliphatic hydroxyl groups excluding tert-OH is 26. The fraction of sp³-hybridized carbons (Fsp3) is 1.00. The lowest BCUT2D eigenvalue weighted by molar-refractivity contribution is -0.384. The van der Waals surface area contributed by atoms with Gasteiger partial charge < -0.3 is 242 Å². The normalized spacial score (nSPS) is 54.6. The second kappa shape index (κ2) is 37.3. The van der Waals surface area contributed by atoms with Crippen molar-refractivity contribution in [3.63, 3.8) is 0 Å². The van der Waals surface area contributed by atoms with Crippen LogP contribution in [0.1, 0.15) is 0 Å². The van der Waals surface area contributed by atoms with Gasteiger partial charge in [0.25, 0.3) is 0 Å². The summed E-state index contributed by atoms with van der Waals surface area (Å²) in [7, 11) is 0. The van der Waals surface area contributed by atoms with E-state index in [0.29, 0.717) is 0 Å². The van der Waals surface area contributed by atoms with Gasteiger partial charge in [0.05, 0.1) is 79.3 Å². The number of hydrogen-bond acceptors (Lipinski definition) is 49. The zero-order chi connectivity index (χ0) is 78.5. The van der Waals surface area contributed by atoms with Gasteiger partial charge in [-0.2, -0.15) is 0 Å². The summed E-state index contributed by atoms with van der Waals surface area (Å²) in [6.45, 7) is -7.41. The van der Waals surface area contributed by atoms with Gasteiger partial charge in [-0.25, -0.2) is 0 Å². The average Bonchev–Trinajstić information content (AvgIpc) is 1.72. The zero-order valence-electron chi connectivity index (χ0n) is 57.2. The van der Waals surface area contributed by atoms with Gasteiger partial charge in [-0.1, -0.05) is 0 Å². The van der Waals surface area contributed by atoms with E-state index < -0.39 is 375 Å². The topological polar surface area (TPSA) is 738 Å². The van der Waals surface area contributed by atoms with Crippen LogP contribution in [0.2, 0.25) is 0 Å². The van der Waals surface area contributed by atoms with E-state index in [2.05, 4.69) is 0 Å². The summed E-state index contributed by atoms with van der Waals surface area (Å²) in [5, 5.41) is 279. The molecular formula is C60H98O49. The van der Waals surface area contributed by atoms with Gasteiger partial charge >= 0.3 is 0 Å². The minimum atomic E-state index is -2.07. The zero-order valence-corrected chi connectivity index (χ0v) is 57.2. The summed E-state index contributed by atoms with van der Waals surface area (Å²) < 4.78 is 130. The van der Waals surface area contributed by atoms with E-state index in [1.165, 1.54) is 0 Å². The van der Waals surface area contributed by atoms with Crippen molar-refractivity contribution in [2.24, 2.45) is 0 Å². The molecule has 0 amide bonds. The van der Waals surface area contributed by atoms with E-state index in [1.54, 1.807) is 0 Å². The summed E-state index contributed by atoms with van der Waals surface area (Å²) in [6.07, 6.45) is -83.8. The highest BCUT2D eigenvalue weighted by atomic mass is 16.8. The summed E-state index contributed by atoms with van der Waals surface area (Å²) >= 11 is 0. The van der Waals surface area contributed by atoms with E-state index in [0.717, 1.165) is 0 Å². The molecule has 12 unspecified atom stereocenters. The molecule has 12 rings (SSSR count). The second-order valence-corrected chi connectivity index (χ2v) is 28.1. The first-order valence-electron chi connectivity index (χ1n) is 35.1. The Hall–Kier alpha value is -1.96. The maximum atomic E-state index is 11.5. The average molecular weight is 1600 g/mol. The molecule has 0 radical (unpaired) electrons. The lowest BCUT2D eigenvalue weighted by atomic mass is 10.0. The van der Waals surface area contributed by atoms with Gasteiger partial charge in [0.2, 0.25) is 0 Å². The fourth-order valence-corrected chi connectivity index (χ4v) is 14.0. The molecular weight excluding hydrogens is 1500 g/mol. The van der Waals surface area contributed by atoms with Crippen LogP contribution >= 0.6 is 0 Å². The lowest BCUT2D eigenvalue weighted by Gasteiger charge is -2.47. The van der Waals surface area contributed by atoms with Gasteiger partial charge in [0.1, 0.15) is 220 Å². The Kier molecular flexibility index (Phi) is 29.6. The minimum absolute atomic E-state index is 0.409. The quantitative estimate of drug-likeness (QED) is 0.0427. The molecule has 48 atom stereocenters. The van der Waals surface area contributed by atoms with Crippen molar-refractivity contribution in [1.29, 1.82) is 0 Å². The first-order chi connectivity index (χ1) is 51.9. The molecule has 0 aromatic rings. The standard InChI is InChI=1S/C60H98O49/c61-1-14-26(65)45(84)58(97-14)108-47-24(107-50-37(76)25(64)13(63)3-88-50)12-96-60(48(47)109-59-46(85)27(66)15(2-62)98-59)106-23-11-95-57(44(83)35(23)74)105-22-10-94-56(43(82)34(22)73)104-21-9-93-55(42(81)33(21)72)103-20-8-92-54(41(80)32(20)71)102-19-7-91-53(40(79)31(19)70)101-18-6-90-52(39(78)30(18)69)100-17-5-89-51(38(77)29(17)68)99-16-4-87-49(86)36(75)28(16)67/h13-86H,1-12H2/t13-,14+,15+,16-,17-,18-,19-,20-,21-,22-,23-,24-,25+,26-,27-,28+,29+,30+,31+,32+,33+,34+,35+,36?,37?,38?,39?,40?,41?,42?,43?,44?,45?,46?,47+,48?,49-,50+,51+,52-,53-,54-,55-,56-,57-,58+,59+,60+/m1/s1. The van der Waals surface area contributed by atoms with Crippen molar-refractivity contribution in [3.05, 3.63) is 0 Å². The Morgan fingerprint density at radius 1 is 0.183 bits per heavy atom. The maximum absolute atomic E-state index is 11.5. The molecule has 12 fully saturated rings. The largest absolute Gasteiger partial charge is 0.394 e. The predicted octanol–water partition coefficient (Wildman–Crippen LogP) is -19.5. The van der Waals surface area contributed by atoms with Crippen molar-refractivity contribution in [2.45, 2.75) is 295 Å². The van der Waals surface area contributed by atoms with Gasteiger partial charge in [0, 0.05) is 0 Å². The van der Waals surface area contributed by atoms with Gasteiger partial charge in [-0.3, -0.25) is 0 Å². The van der Waals surface area contributed by atoms with Crippen LogP contribution in [0.15, 0.2) is 0 Å². The Morgan fingerprint density at radius 2 is 0.394 bits per heavy atom. The van der Waals surface area contributed by atoms with Gasteiger partial charge in [0.15, 0.2) is 75.5 Å². The molecule has 49 nitrogen and oxygen atoms in total. The van der Waals surface area contributed by atoms with Crippen molar-refractivity contribution < 1.29 is 242 Å². The van der Waals surface area contributed by atoms with Crippen LogP contribution in [-0.2, 0) is 109 Å². The van der Waals surface area contributed by atoms with Crippen LogP contribution in [0.4, 0.5) is 0 Å². The molecule has 632 valence electrons. The lowest BCUT2D eigenvalue weighted by Crippen LogP contribution is -2.64. The van der Waals surface area contributed by atoms with Crippen molar-refractivity contribution in [1.82, 2.24) is 0 Å². The smallest absolute Gasteiger partial charge is 0.187 e. The Balaban J connectivity index is 0.577. The van der Waals surface area contributed by atoms with Crippen molar-refractivity contribution in [3.8, 4) is 0 Å². The molecule has 12 aliphatic heterocycles. The van der Waals surface area contributed by atoms with E-state index in [1.807, 2.05) is 0 Å². The fourth-order valence-electron chi connectivity index (χ4n) is 14.0. The van der Waals surface area contributed by atoms with Crippen molar-refractivity contribution >= 4 is 0 Å². The predicted molar refractivity (Wildman–Crippen MR) is 323 cm³/mol. The highest BCUT2D eigenvalue weighted by Crippen LogP contribution is 2.39. The molecule has 0 spiro atoms. The summed E-state index contributed by atoms with van der Waals surface area (Å²) in [6, 6.07) is 0. The van der Waals surface area contributed by atoms with Crippen LogP contribution in [0, 0.1) is 0 Å². The molecule has 0 bridgehead atoms. The Bertz CT molecular complexity index is 2790. The first-order valence-corrected chi connectivity index (χ1v) is 35.1. The molecule has 26 N–H and O–H groups in total. The van der Waals surface area contributed by atoms with Crippen LogP contribution in [-0.4, -0.2) is 507 Å². The van der Waals surface area contributed by atoms with E-state index in [9.17, 15) is 133 Å². The van der Waals surface area contributed by atoms with Crippen LogP contribution < -0.4 is 0 Å². The number of hydrogen-bond donors (Lipinski definition) is 26. The van der Waals surface area contributed by atoms with E-state index >= 15 is 0 Å². The monoisotopic (exact) mass is 1600 g/mol. The van der Waals surface area contributed by atoms with Crippen LogP contribution in [0.3, 0.4) is 0 Å². The third kappa shape index (κ3) is 18.7. The summed E-state index contributed by atoms with van der Waals surface area (Å²) in [5.74, 6) is 0. The minimum Gasteiger partial charge on any atom is -0.394 e. The highest BCUT2D eigenvalue weighted by molar-refractivity contribution is 5.00. The summed E-state index contributed by atoms with van der Waals surface area (Å²) in [4.78, 5) is 0. The van der Waals surface area contributed by atoms with Crippen molar-refractivity contribution in [2.75, 3.05) is 79.3 Å². The van der Waals surface area contributed by atoms with Gasteiger partial charge in [-0.05, 0) is 0 Å². The molecule has 109 heavy (non-hydrogen) atoms. The third-order valence-corrected chi connectivity index (χ3v) is 20.7. The molecule has 49 heteroatoms. The molecule has 12 aliphatic rings. The Labute approximate surface area is 614 Å². The molecule has 0 saturated carbocycles. The highest BCUT2D eigenvalue weighted by Gasteiger charge is 2.59. The van der Waals surface area contributed by atoms with Crippen LogP contribution in [0.25, 0.3) is 0 Å². The molecule has 0 aliphatic carbocycles. The Morgan fingerprint density at radius 3 is 0.679 bits per heavy atom.